The molecule has 0 saturated heterocycles. The highest BCUT2D eigenvalue weighted by Crippen LogP contribution is 2.78. The average Bonchev–Trinajstić information content (AvgIpc) is 3.09. The topological polar surface area (TPSA) is 37.3 Å². The number of carboxylic acid groups (broad SMARTS) is 1. The first-order valence-corrected chi connectivity index (χ1v) is 15.0. The van der Waals surface area contributed by atoms with E-state index in [-0.39, 0.29) is 0 Å². The van der Waals surface area contributed by atoms with Gasteiger partial charge in [0.1, 0.15) is 0 Å². The Morgan fingerprint density at radius 3 is 2.03 bits per heavy atom. The Hall–Kier alpha value is -0.530. The molecule has 0 bridgehead atoms. The third-order valence-electron chi connectivity index (χ3n) is 14.3. The minimum atomic E-state index is -0.620. The first kappa shape index (κ1) is 25.1. The van der Waals surface area contributed by atoms with Gasteiger partial charge in [-0.1, -0.05) is 54.9 Å². The van der Waals surface area contributed by atoms with Crippen LogP contribution in [0.15, 0.2) is 0 Å². The zero-order chi connectivity index (χ0) is 24.7. The maximum Gasteiger partial charge on any atom is 0.303 e. The molecule has 194 valence electrons. The molecular formula is C32H54O2. The molecule has 5 aliphatic rings. The molecule has 0 aromatic carbocycles. The largest absolute Gasteiger partial charge is 0.481 e. The molecule has 0 spiro atoms. The van der Waals surface area contributed by atoms with Gasteiger partial charge in [-0.05, 0) is 133 Å². The molecule has 0 radical (unpaired) electrons. The number of rotatable bonds is 4. The number of hydrogen-bond donors (Lipinski definition) is 1. The predicted octanol–water partition coefficient (Wildman–Crippen LogP) is 8.98. The minimum Gasteiger partial charge on any atom is -0.481 e. The van der Waals surface area contributed by atoms with Gasteiger partial charge in [-0.25, -0.2) is 0 Å². The number of aliphatic carboxylic acids is 1. The van der Waals surface area contributed by atoms with Crippen LogP contribution in [0.3, 0.4) is 0 Å². The van der Waals surface area contributed by atoms with Gasteiger partial charge in [-0.3, -0.25) is 4.79 Å². The minimum absolute atomic E-state index is 0.345. The highest BCUT2D eigenvalue weighted by atomic mass is 16.4. The van der Waals surface area contributed by atoms with Crippen molar-refractivity contribution in [2.24, 2.45) is 62.6 Å². The van der Waals surface area contributed by atoms with Crippen molar-refractivity contribution in [1.29, 1.82) is 0 Å². The summed E-state index contributed by atoms with van der Waals surface area (Å²) in [6, 6.07) is 0. The molecule has 0 aliphatic heterocycles. The smallest absolute Gasteiger partial charge is 0.303 e. The highest BCUT2D eigenvalue weighted by molar-refractivity contribution is 5.66. The van der Waals surface area contributed by atoms with Gasteiger partial charge < -0.3 is 5.11 Å². The van der Waals surface area contributed by atoms with Crippen LogP contribution in [-0.4, -0.2) is 11.1 Å². The molecule has 5 fully saturated rings. The molecule has 1 unspecified atom stereocenters. The van der Waals surface area contributed by atoms with Crippen molar-refractivity contribution in [3.8, 4) is 0 Å². The van der Waals surface area contributed by atoms with Crippen molar-refractivity contribution in [2.75, 3.05) is 0 Å². The SMILES string of the molecule is CC(CCC(=O)O)[C@H]1CC[C@]2(C)[C@H]3CC[C@@H]4[C@@]5(C)CCCC(C)(C)[C@@H]5CC[C@@]4(C)[C@]3(C)CC[C@@H]12. The van der Waals surface area contributed by atoms with Crippen LogP contribution in [-0.2, 0) is 4.79 Å². The zero-order valence-electron chi connectivity index (χ0n) is 23.5. The summed E-state index contributed by atoms with van der Waals surface area (Å²) in [5.74, 6) is 4.15. The van der Waals surface area contributed by atoms with Crippen molar-refractivity contribution >= 4 is 5.97 Å². The molecule has 0 aromatic heterocycles. The molecule has 10 atom stereocenters. The molecule has 2 nitrogen and oxygen atoms in total. The van der Waals surface area contributed by atoms with Gasteiger partial charge in [0.2, 0.25) is 0 Å². The van der Waals surface area contributed by atoms with E-state index in [0.29, 0.717) is 39.4 Å². The quantitative estimate of drug-likeness (QED) is 0.445. The lowest BCUT2D eigenvalue weighted by Crippen LogP contribution is -2.65. The van der Waals surface area contributed by atoms with E-state index in [9.17, 15) is 9.90 Å². The molecule has 5 saturated carbocycles. The zero-order valence-corrected chi connectivity index (χ0v) is 23.5. The molecule has 2 heteroatoms. The molecular weight excluding hydrogens is 416 g/mol. The fraction of sp³-hybridized carbons (Fsp3) is 0.969. The molecule has 5 aliphatic carbocycles. The lowest BCUT2D eigenvalue weighted by molar-refractivity contribution is -0.241. The van der Waals surface area contributed by atoms with Crippen LogP contribution in [0, 0.1) is 62.6 Å². The second-order valence-electron chi connectivity index (χ2n) is 15.7. The first-order chi connectivity index (χ1) is 15.8. The summed E-state index contributed by atoms with van der Waals surface area (Å²) >= 11 is 0. The number of carbonyl (C=O) groups is 1. The lowest BCUT2D eigenvalue weighted by atomic mass is 9.32. The van der Waals surface area contributed by atoms with Crippen molar-refractivity contribution in [2.45, 2.75) is 132 Å². The summed E-state index contributed by atoms with van der Waals surface area (Å²) in [5, 5.41) is 9.25. The van der Waals surface area contributed by atoms with Crippen molar-refractivity contribution in [1.82, 2.24) is 0 Å². The predicted molar refractivity (Wildman–Crippen MR) is 140 cm³/mol. The van der Waals surface area contributed by atoms with E-state index in [1.54, 1.807) is 0 Å². The van der Waals surface area contributed by atoms with Crippen LogP contribution in [0.5, 0.6) is 0 Å². The van der Waals surface area contributed by atoms with Gasteiger partial charge >= 0.3 is 5.97 Å². The van der Waals surface area contributed by atoms with Crippen LogP contribution in [0.2, 0.25) is 0 Å². The van der Waals surface area contributed by atoms with E-state index in [4.69, 9.17) is 0 Å². The van der Waals surface area contributed by atoms with Crippen molar-refractivity contribution in [3.63, 3.8) is 0 Å². The van der Waals surface area contributed by atoms with Gasteiger partial charge in [-0.2, -0.15) is 0 Å². The van der Waals surface area contributed by atoms with Crippen molar-refractivity contribution < 1.29 is 9.90 Å². The van der Waals surface area contributed by atoms with Gasteiger partial charge in [-0.15, -0.1) is 0 Å². The number of fused-ring (bicyclic) bond motifs is 7. The van der Waals surface area contributed by atoms with E-state index in [2.05, 4.69) is 48.5 Å². The van der Waals surface area contributed by atoms with E-state index in [1.807, 2.05) is 0 Å². The second kappa shape index (κ2) is 7.98. The van der Waals surface area contributed by atoms with Crippen LogP contribution >= 0.6 is 0 Å². The van der Waals surface area contributed by atoms with Crippen LogP contribution in [0.4, 0.5) is 0 Å². The van der Waals surface area contributed by atoms with Gasteiger partial charge in [0.15, 0.2) is 0 Å². The molecule has 1 N–H and O–H groups in total. The Kier molecular flexibility index (Phi) is 5.90. The summed E-state index contributed by atoms with van der Waals surface area (Å²) in [5.41, 5.74) is 2.46. The van der Waals surface area contributed by atoms with E-state index in [1.165, 1.54) is 70.6 Å². The Labute approximate surface area is 210 Å². The monoisotopic (exact) mass is 470 g/mol. The van der Waals surface area contributed by atoms with Crippen molar-refractivity contribution in [3.05, 3.63) is 0 Å². The number of hydrogen-bond acceptors (Lipinski definition) is 1. The summed E-state index contributed by atoms with van der Waals surface area (Å²) in [4.78, 5) is 11.2. The van der Waals surface area contributed by atoms with Gasteiger partial charge in [0, 0.05) is 6.42 Å². The number of carboxylic acids is 1. The average molecular weight is 471 g/mol. The Bertz CT molecular complexity index is 816. The van der Waals surface area contributed by atoms with Crippen LogP contribution in [0.1, 0.15) is 132 Å². The molecule has 0 heterocycles. The molecule has 0 aromatic rings. The highest BCUT2D eigenvalue weighted by Gasteiger charge is 2.70. The molecule has 0 amide bonds. The third kappa shape index (κ3) is 3.27. The van der Waals surface area contributed by atoms with Gasteiger partial charge in [0.25, 0.3) is 0 Å². The summed E-state index contributed by atoms with van der Waals surface area (Å²) in [7, 11) is 0. The first-order valence-electron chi connectivity index (χ1n) is 15.0. The standard InChI is InChI=1S/C32H54O2/c1-21(9-12-27(33)34)22-13-18-29(4)23(22)14-19-31(6)25(29)10-11-26-30(5)17-8-16-28(2,3)24(30)15-20-32(26,31)7/h21-26H,8-20H2,1-7H3,(H,33,34)/t21?,22-,23+,24+,25-,26-,29+,30+,31-,32-/m1/s1. The normalized spacial score (nSPS) is 52.6. The maximum atomic E-state index is 11.2. The van der Waals surface area contributed by atoms with E-state index >= 15 is 0 Å². The lowest BCUT2D eigenvalue weighted by Gasteiger charge is -2.73. The maximum absolute atomic E-state index is 11.2. The Morgan fingerprint density at radius 2 is 1.38 bits per heavy atom. The molecule has 34 heavy (non-hydrogen) atoms. The van der Waals surface area contributed by atoms with E-state index in [0.717, 1.165) is 36.0 Å². The summed E-state index contributed by atoms with van der Waals surface area (Å²) in [6.07, 6.45) is 16.9. The Morgan fingerprint density at radius 1 is 0.765 bits per heavy atom. The van der Waals surface area contributed by atoms with E-state index < -0.39 is 5.97 Å². The Balaban J connectivity index is 1.43. The fourth-order valence-electron chi connectivity index (χ4n) is 12.6. The fourth-order valence-corrected chi connectivity index (χ4v) is 12.6. The summed E-state index contributed by atoms with van der Waals surface area (Å²) < 4.78 is 0. The van der Waals surface area contributed by atoms with Crippen LogP contribution in [0.25, 0.3) is 0 Å². The second-order valence-corrected chi connectivity index (χ2v) is 15.7. The van der Waals surface area contributed by atoms with Crippen LogP contribution < -0.4 is 0 Å². The summed E-state index contributed by atoms with van der Waals surface area (Å²) in [6.45, 7) is 18.5. The molecule has 5 rings (SSSR count). The third-order valence-corrected chi connectivity index (χ3v) is 14.3. The van der Waals surface area contributed by atoms with Gasteiger partial charge in [0.05, 0.1) is 0 Å².